The third-order valence-corrected chi connectivity index (χ3v) is 3.27. The number of carbonyl (C=O) groups is 1. The first kappa shape index (κ1) is 15.5. The molecule has 1 heterocycles. The zero-order valence-electron chi connectivity index (χ0n) is 12.8. The molecule has 0 aromatic carbocycles. The van der Waals surface area contributed by atoms with Crippen molar-refractivity contribution < 1.29 is 4.79 Å². The van der Waals surface area contributed by atoms with E-state index in [1.54, 1.807) is 0 Å². The highest BCUT2D eigenvalue weighted by atomic mass is 16.1. The van der Waals surface area contributed by atoms with E-state index in [-0.39, 0.29) is 11.3 Å². The lowest BCUT2D eigenvalue weighted by Gasteiger charge is -2.33. The summed E-state index contributed by atoms with van der Waals surface area (Å²) < 4.78 is 0. The number of amides is 1. The largest absolute Gasteiger partial charge is 0.353 e. The molecule has 1 aliphatic heterocycles. The van der Waals surface area contributed by atoms with Crippen molar-refractivity contribution in [1.82, 2.24) is 10.2 Å². The molecule has 3 nitrogen and oxygen atoms in total. The molecule has 0 aliphatic carbocycles. The monoisotopic (exact) mass is 254 g/mol. The van der Waals surface area contributed by atoms with Crippen LogP contribution < -0.4 is 5.32 Å². The smallest absolute Gasteiger partial charge is 0.220 e. The van der Waals surface area contributed by atoms with Gasteiger partial charge >= 0.3 is 0 Å². The van der Waals surface area contributed by atoms with E-state index < -0.39 is 0 Å². The number of hydrogen-bond donors (Lipinski definition) is 1. The van der Waals surface area contributed by atoms with E-state index >= 15 is 0 Å². The maximum Gasteiger partial charge on any atom is 0.220 e. The van der Waals surface area contributed by atoms with Crippen molar-refractivity contribution in [2.24, 2.45) is 11.3 Å². The molecule has 1 amide bonds. The topological polar surface area (TPSA) is 32.3 Å². The Bertz CT molecular complexity index is 260. The normalized spacial score (nSPS) is 19.2. The fraction of sp³-hybridized carbons (Fsp3) is 0.933. The molecule has 1 N–H and O–H groups in total. The van der Waals surface area contributed by atoms with Crippen molar-refractivity contribution in [3.63, 3.8) is 0 Å². The van der Waals surface area contributed by atoms with Gasteiger partial charge in [0.1, 0.15) is 0 Å². The number of nitrogens with one attached hydrogen (secondary N) is 1. The minimum absolute atomic E-state index is 0.0857. The van der Waals surface area contributed by atoms with Crippen LogP contribution in [-0.2, 0) is 4.79 Å². The van der Waals surface area contributed by atoms with Gasteiger partial charge in [0.2, 0.25) is 5.91 Å². The van der Waals surface area contributed by atoms with Crippen LogP contribution in [0.25, 0.3) is 0 Å². The number of rotatable bonds is 4. The van der Waals surface area contributed by atoms with Gasteiger partial charge < -0.3 is 10.2 Å². The molecule has 1 rings (SSSR count). The minimum atomic E-state index is 0.0857. The molecule has 0 aromatic rings. The van der Waals surface area contributed by atoms with E-state index in [0.717, 1.165) is 31.8 Å². The number of carbonyl (C=O) groups excluding carboxylic acids is 1. The second kappa shape index (κ2) is 6.55. The first-order valence-corrected chi connectivity index (χ1v) is 7.28. The lowest BCUT2D eigenvalue weighted by atomic mass is 9.91. The fourth-order valence-corrected chi connectivity index (χ4v) is 2.54. The van der Waals surface area contributed by atoms with Crippen molar-refractivity contribution >= 4 is 5.91 Å². The van der Waals surface area contributed by atoms with Gasteiger partial charge in [-0.05, 0) is 24.2 Å². The zero-order valence-corrected chi connectivity index (χ0v) is 12.8. The van der Waals surface area contributed by atoms with Crippen LogP contribution in [0.5, 0.6) is 0 Å². The van der Waals surface area contributed by atoms with Gasteiger partial charge in [0.05, 0.1) is 0 Å². The number of piperidine rings is 1. The van der Waals surface area contributed by atoms with Crippen molar-refractivity contribution in [1.29, 1.82) is 0 Å². The molecule has 0 spiro atoms. The second-order valence-corrected chi connectivity index (χ2v) is 7.27. The van der Waals surface area contributed by atoms with Crippen molar-refractivity contribution in [3.05, 3.63) is 0 Å². The molecule has 0 saturated carbocycles. The highest BCUT2D eigenvalue weighted by Gasteiger charge is 2.23. The highest BCUT2D eigenvalue weighted by Crippen LogP contribution is 2.19. The summed E-state index contributed by atoms with van der Waals surface area (Å²) in [5.74, 6) is 0.946. The third-order valence-electron chi connectivity index (χ3n) is 3.27. The predicted molar refractivity (Wildman–Crippen MR) is 76.5 cm³/mol. The van der Waals surface area contributed by atoms with Gasteiger partial charge in [0, 0.05) is 32.1 Å². The zero-order chi connectivity index (χ0) is 13.8. The summed E-state index contributed by atoms with van der Waals surface area (Å²) in [6, 6.07) is 0.392. The molecule has 3 heteroatoms. The van der Waals surface area contributed by atoms with Crippen LogP contribution in [-0.4, -0.2) is 36.5 Å². The molecule has 0 unspecified atom stereocenters. The molecular formula is C15H30N2O. The van der Waals surface area contributed by atoms with Gasteiger partial charge in [-0.25, -0.2) is 0 Å². The van der Waals surface area contributed by atoms with Crippen molar-refractivity contribution in [3.8, 4) is 0 Å². The van der Waals surface area contributed by atoms with Crippen LogP contribution in [0, 0.1) is 11.3 Å². The third kappa shape index (κ3) is 6.39. The van der Waals surface area contributed by atoms with Crippen molar-refractivity contribution in [2.45, 2.75) is 59.9 Å². The Morgan fingerprint density at radius 1 is 1.28 bits per heavy atom. The van der Waals surface area contributed by atoms with Gasteiger partial charge in [-0.1, -0.05) is 34.6 Å². The summed E-state index contributed by atoms with van der Waals surface area (Å²) in [7, 11) is 0. The lowest BCUT2D eigenvalue weighted by Crippen LogP contribution is -2.46. The van der Waals surface area contributed by atoms with E-state index in [1.165, 1.54) is 6.54 Å². The van der Waals surface area contributed by atoms with E-state index in [2.05, 4.69) is 44.8 Å². The molecule has 106 valence electrons. The summed E-state index contributed by atoms with van der Waals surface area (Å²) in [5.41, 5.74) is 0.0857. The van der Waals surface area contributed by atoms with E-state index in [0.29, 0.717) is 12.5 Å². The van der Waals surface area contributed by atoms with Gasteiger partial charge in [-0.3, -0.25) is 4.79 Å². The molecule has 1 aliphatic rings. The first-order valence-electron chi connectivity index (χ1n) is 7.28. The maximum atomic E-state index is 11.9. The summed E-state index contributed by atoms with van der Waals surface area (Å²) in [4.78, 5) is 14.4. The lowest BCUT2D eigenvalue weighted by molar-refractivity contribution is -0.123. The minimum Gasteiger partial charge on any atom is -0.353 e. The van der Waals surface area contributed by atoms with Gasteiger partial charge in [-0.15, -0.1) is 0 Å². The maximum absolute atomic E-state index is 11.9. The Morgan fingerprint density at radius 2 is 1.83 bits per heavy atom. The Balaban J connectivity index is 2.25. The number of hydrogen-bond acceptors (Lipinski definition) is 2. The molecular weight excluding hydrogens is 224 g/mol. The van der Waals surface area contributed by atoms with E-state index in [4.69, 9.17) is 0 Å². The van der Waals surface area contributed by atoms with Gasteiger partial charge in [0.25, 0.3) is 0 Å². The molecule has 18 heavy (non-hydrogen) atoms. The van der Waals surface area contributed by atoms with Gasteiger partial charge in [0.15, 0.2) is 0 Å². The molecule has 0 aromatic heterocycles. The molecule has 1 saturated heterocycles. The summed E-state index contributed by atoms with van der Waals surface area (Å²) in [5, 5.41) is 3.18. The fourth-order valence-electron chi connectivity index (χ4n) is 2.54. The highest BCUT2D eigenvalue weighted by molar-refractivity contribution is 5.76. The summed E-state index contributed by atoms with van der Waals surface area (Å²) in [6.45, 7) is 14.3. The Labute approximate surface area is 112 Å². The first-order chi connectivity index (χ1) is 8.26. The van der Waals surface area contributed by atoms with Crippen LogP contribution in [0.2, 0.25) is 0 Å². The van der Waals surface area contributed by atoms with Crippen LogP contribution in [0.3, 0.4) is 0 Å². The summed E-state index contributed by atoms with van der Waals surface area (Å²) in [6.07, 6.45) is 2.82. The molecule has 1 fully saturated rings. The molecule has 0 bridgehead atoms. The second-order valence-electron chi connectivity index (χ2n) is 7.27. The van der Waals surface area contributed by atoms with E-state index in [1.807, 2.05) is 0 Å². The molecule has 0 radical (unpaired) electrons. The van der Waals surface area contributed by atoms with Crippen LogP contribution in [0.1, 0.15) is 53.9 Å². The number of nitrogens with zero attached hydrogens (tertiary/aromatic N) is 1. The Hall–Kier alpha value is -0.570. The van der Waals surface area contributed by atoms with Gasteiger partial charge in [-0.2, -0.15) is 0 Å². The van der Waals surface area contributed by atoms with Crippen LogP contribution in [0.4, 0.5) is 0 Å². The standard InChI is InChI=1S/C15H30N2O/c1-12(2)11-17-8-6-13(7-9-17)16-14(18)10-15(3,4)5/h12-13H,6-11H2,1-5H3,(H,16,18). The average Bonchev–Trinajstić information content (AvgIpc) is 2.17. The number of likely N-dealkylation sites (tertiary alicyclic amines) is 1. The quantitative estimate of drug-likeness (QED) is 0.836. The Kier molecular flexibility index (Phi) is 5.64. The Morgan fingerprint density at radius 3 is 2.28 bits per heavy atom. The summed E-state index contributed by atoms with van der Waals surface area (Å²) >= 11 is 0. The van der Waals surface area contributed by atoms with Crippen molar-refractivity contribution in [2.75, 3.05) is 19.6 Å². The van der Waals surface area contributed by atoms with Crippen LogP contribution >= 0.6 is 0 Å². The molecule has 0 atom stereocenters. The average molecular weight is 254 g/mol. The van der Waals surface area contributed by atoms with Crippen LogP contribution in [0.15, 0.2) is 0 Å². The van der Waals surface area contributed by atoms with E-state index in [9.17, 15) is 4.79 Å². The SMILES string of the molecule is CC(C)CN1CCC(NC(=O)CC(C)(C)C)CC1. The predicted octanol–water partition coefficient (Wildman–Crippen LogP) is 2.66.